The number of rotatable bonds is 4. The molecule has 1 unspecified atom stereocenters. The standard InChI is InChI=1S/C8H13N3O4/c1-2-15-6(12)4-11-7(13)5(3-9)10-8(11)14/h5H,2-4,9H2,1H3,(H,10,14). The van der Waals surface area contributed by atoms with Crippen LogP contribution in [0.25, 0.3) is 0 Å². The van der Waals surface area contributed by atoms with Crippen LogP contribution < -0.4 is 11.1 Å². The van der Waals surface area contributed by atoms with Crippen LogP contribution in [0.4, 0.5) is 4.79 Å². The minimum Gasteiger partial charge on any atom is -0.465 e. The van der Waals surface area contributed by atoms with Crippen LogP contribution in [0.3, 0.4) is 0 Å². The Balaban J connectivity index is 2.59. The summed E-state index contributed by atoms with van der Waals surface area (Å²) >= 11 is 0. The molecule has 1 fully saturated rings. The summed E-state index contributed by atoms with van der Waals surface area (Å²) in [4.78, 5) is 34.5. The fourth-order valence-electron chi connectivity index (χ4n) is 1.22. The van der Waals surface area contributed by atoms with Gasteiger partial charge in [-0.2, -0.15) is 0 Å². The Labute approximate surface area is 86.5 Å². The number of nitrogens with zero attached hydrogens (tertiary/aromatic N) is 1. The van der Waals surface area contributed by atoms with E-state index < -0.39 is 23.9 Å². The zero-order chi connectivity index (χ0) is 11.4. The summed E-state index contributed by atoms with van der Waals surface area (Å²) in [6.45, 7) is 1.51. The van der Waals surface area contributed by atoms with Gasteiger partial charge in [0.1, 0.15) is 12.6 Å². The number of ether oxygens (including phenoxy) is 1. The van der Waals surface area contributed by atoms with Crippen molar-refractivity contribution < 1.29 is 19.1 Å². The Bertz CT molecular complexity index is 292. The van der Waals surface area contributed by atoms with Crippen molar-refractivity contribution in [2.75, 3.05) is 19.7 Å². The number of nitrogens with two attached hydrogens (primary N) is 1. The van der Waals surface area contributed by atoms with E-state index in [9.17, 15) is 14.4 Å². The number of hydrogen-bond donors (Lipinski definition) is 2. The molecule has 0 aromatic heterocycles. The number of urea groups is 1. The van der Waals surface area contributed by atoms with E-state index in [1.807, 2.05) is 0 Å². The maximum absolute atomic E-state index is 11.4. The second-order valence-electron chi connectivity index (χ2n) is 2.97. The van der Waals surface area contributed by atoms with Crippen molar-refractivity contribution >= 4 is 17.9 Å². The van der Waals surface area contributed by atoms with E-state index in [0.717, 1.165) is 4.90 Å². The highest BCUT2D eigenvalue weighted by Gasteiger charge is 2.38. The van der Waals surface area contributed by atoms with Crippen molar-refractivity contribution in [1.82, 2.24) is 10.2 Å². The molecule has 0 spiro atoms. The van der Waals surface area contributed by atoms with Gasteiger partial charge >= 0.3 is 12.0 Å². The Kier molecular flexibility index (Phi) is 3.62. The number of esters is 1. The molecule has 0 aromatic rings. The van der Waals surface area contributed by atoms with Crippen LogP contribution in [0.1, 0.15) is 6.92 Å². The van der Waals surface area contributed by atoms with Gasteiger partial charge in [-0.3, -0.25) is 14.5 Å². The Morgan fingerprint density at radius 3 is 2.73 bits per heavy atom. The Morgan fingerprint density at radius 1 is 1.60 bits per heavy atom. The van der Waals surface area contributed by atoms with Gasteiger partial charge in [0, 0.05) is 6.54 Å². The zero-order valence-electron chi connectivity index (χ0n) is 8.36. The van der Waals surface area contributed by atoms with Crippen LogP contribution in [0.5, 0.6) is 0 Å². The van der Waals surface area contributed by atoms with E-state index in [0.29, 0.717) is 0 Å². The van der Waals surface area contributed by atoms with Gasteiger partial charge < -0.3 is 15.8 Å². The van der Waals surface area contributed by atoms with Crippen LogP contribution >= 0.6 is 0 Å². The average molecular weight is 215 g/mol. The van der Waals surface area contributed by atoms with E-state index in [-0.39, 0.29) is 19.7 Å². The number of imide groups is 1. The summed E-state index contributed by atoms with van der Waals surface area (Å²) in [5.74, 6) is -1.10. The predicted octanol–water partition coefficient (Wildman–Crippen LogP) is -1.57. The van der Waals surface area contributed by atoms with Gasteiger partial charge in [-0.25, -0.2) is 4.79 Å². The number of hydrogen-bond acceptors (Lipinski definition) is 5. The fourth-order valence-corrected chi connectivity index (χ4v) is 1.22. The summed E-state index contributed by atoms with van der Waals surface area (Å²) in [6, 6.07) is -1.34. The van der Waals surface area contributed by atoms with E-state index >= 15 is 0 Å². The van der Waals surface area contributed by atoms with Gasteiger partial charge in [-0.1, -0.05) is 0 Å². The van der Waals surface area contributed by atoms with Gasteiger partial charge in [0.05, 0.1) is 6.61 Å². The molecule has 7 heteroatoms. The molecule has 1 aliphatic rings. The molecule has 84 valence electrons. The maximum Gasteiger partial charge on any atom is 0.326 e. The minimum atomic E-state index is -0.730. The summed E-state index contributed by atoms with van der Waals surface area (Å²) in [6.07, 6.45) is 0. The fraction of sp³-hybridized carbons (Fsp3) is 0.625. The summed E-state index contributed by atoms with van der Waals surface area (Å²) in [5, 5.41) is 2.36. The summed E-state index contributed by atoms with van der Waals surface area (Å²) in [5.41, 5.74) is 5.26. The number of carbonyl (C=O) groups is 3. The monoisotopic (exact) mass is 215 g/mol. The first kappa shape index (κ1) is 11.4. The number of amides is 3. The highest BCUT2D eigenvalue weighted by atomic mass is 16.5. The first-order valence-corrected chi connectivity index (χ1v) is 4.57. The SMILES string of the molecule is CCOC(=O)CN1C(=O)NC(CN)C1=O. The highest BCUT2D eigenvalue weighted by molar-refractivity contribution is 6.06. The van der Waals surface area contributed by atoms with Crippen LogP contribution in [0, 0.1) is 0 Å². The lowest BCUT2D eigenvalue weighted by Gasteiger charge is -2.11. The number of nitrogens with one attached hydrogen (secondary N) is 1. The van der Waals surface area contributed by atoms with Gasteiger partial charge in [0.2, 0.25) is 0 Å². The van der Waals surface area contributed by atoms with Crippen LogP contribution in [-0.2, 0) is 14.3 Å². The Morgan fingerprint density at radius 2 is 2.27 bits per heavy atom. The van der Waals surface area contributed by atoms with Crippen molar-refractivity contribution in [3.05, 3.63) is 0 Å². The molecule has 0 aliphatic carbocycles. The molecule has 1 atom stereocenters. The maximum atomic E-state index is 11.4. The topological polar surface area (TPSA) is 102 Å². The molecule has 0 radical (unpaired) electrons. The lowest BCUT2D eigenvalue weighted by Crippen LogP contribution is -2.38. The third-order valence-electron chi connectivity index (χ3n) is 1.94. The Hall–Kier alpha value is -1.63. The van der Waals surface area contributed by atoms with E-state index in [1.54, 1.807) is 6.92 Å². The molecule has 7 nitrogen and oxygen atoms in total. The van der Waals surface area contributed by atoms with Crippen LogP contribution in [0.2, 0.25) is 0 Å². The molecule has 1 heterocycles. The van der Waals surface area contributed by atoms with Crippen molar-refractivity contribution in [3.63, 3.8) is 0 Å². The molecule has 1 aliphatic heterocycles. The van der Waals surface area contributed by atoms with E-state index in [2.05, 4.69) is 10.1 Å². The molecule has 3 N–H and O–H groups in total. The third-order valence-corrected chi connectivity index (χ3v) is 1.94. The number of carbonyl (C=O) groups excluding carboxylic acids is 3. The van der Waals surface area contributed by atoms with Crippen molar-refractivity contribution in [1.29, 1.82) is 0 Å². The van der Waals surface area contributed by atoms with E-state index in [1.165, 1.54) is 0 Å². The molecule has 3 amide bonds. The minimum absolute atomic E-state index is 0.0178. The van der Waals surface area contributed by atoms with Gasteiger partial charge in [0.15, 0.2) is 0 Å². The lowest BCUT2D eigenvalue weighted by molar-refractivity contribution is -0.146. The molecule has 1 rings (SSSR count). The van der Waals surface area contributed by atoms with Gasteiger partial charge in [0.25, 0.3) is 5.91 Å². The van der Waals surface area contributed by atoms with Crippen molar-refractivity contribution in [2.24, 2.45) is 5.73 Å². The van der Waals surface area contributed by atoms with Gasteiger partial charge in [-0.15, -0.1) is 0 Å². The molecule has 0 saturated carbocycles. The molecule has 1 saturated heterocycles. The third kappa shape index (κ3) is 2.44. The smallest absolute Gasteiger partial charge is 0.326 e. The van der Waals surface area contributed by atoms with Crippen LogP contribution in [0.15, 0.2) is 0 Å². The average Bonchev–Trinajstić information content (AvgIpc) is 2.45. The summed E-state index contributed by atoms with van der Waals surface area (Å²) in [7, 11) is 0. The largest absolute Gasteiger partial charge is 0.465 e. The first-order chi connectivity index (χ1) is 7.10. The normalized spacial score (nSPS) is 20.4. The van der Waals surface area contributed by atoms with Gasteiger partial charge in [-0.05, 0) is 6.92 Å². The second kappa shape index (κ2) is 4.74. The predicted molar refractivity (Wildman–Crippen MR) is 49.7 cm³/mol. The van der Waals surface area contributed by atoms with E-state index in [4.69, 9.17) is 5.73 Å². The second-order valence-corrected chi connectivity index (χ2v) is 2.97. The zero-order valence-corrected chi connectivity index (χ0v) is 8.36. The molecule has 15 heavy (non-hydrogen) atoms. The lowest BCUT2D eigenvalue weighted by atomic mass is 10.3. The van der Waals surface area contributed by atoms with Crippen molar-refractivity contribution in [3.8, 4) is 0 Å². The molecule has 0 aromatic carbocycles. The highest BCUT2D eigenvalue weighted by Crippen LogP contribution is 2.05. The molecular weight excluding hydrogens is 202 g/mol. The summed E-state index contributed by atoms with van der Waals surface area (Å²) < 4.78 is 4.63. The quantitative estimate of drug-likeness (QED) is 0.435. The first-order valence-electron chi connectivity index (χ1n) is 4.57. The van der Waals surface area contributed by atoms with Crippen LogP contribution in [-0.4, -0.2) is 48.5 Å². The molecular formula is C8H13N3O4. The van der Waals surface area contributed by atoms with Crippen molar-refractivity contribution in [2.45, 2.75) is 13.0 Å². The molecule has 0 bridgehead atoms.